The van der Waals surface area contributed by atoms with E-state index in [0.717, 1.165) is 37.4 Å². The van der Waals surface area contributed by atoms with Gasteiger partial charge in [-0.25, -0.2) is 9.67 Å². The Balaban J connectivity index is 0.00000112. The Morgan fingerprint density at radius 1 is 1.04 bits per heavy atom. The zero-order valence-corrected chi connectivity index (χ0v) is 17.1. The highest BCUT2D eigenvalue weighted by atomic mass is 35.5. The van der Waals surface area contributed by atoms with Gasteiger partial charge in [0.05, 0.1) is 6.26 Å². The average Bonchev–Trinajstić information content (AvgIpc) is 3.33. The highest BCUT2D eigenvalue weighted by molar-refractivity contribution is 6.00. The molecule has 5 rings (SSSR count). The van der Waals surface area contributed by atoms with Crippen molar-refractivity contribution in [3.05, 3.63) is 18.4 Å². The van der Waals surface area contributed by atoms with E-state index in [1.54, 1.807) is 16.8 Å². The Kier molecular flexibility index (Phi) is 5.37. The molecule has 0 aromatic carbocycles. The molecule has 150 valence electrons. The summed E-state index contributed by atoms with van der Waals surface area (Å²) in [6.07, 6.45) is 1.60. The molecular formula is C16H21Cl2N9O. The van der Waals surface area contributed by atoms with E-state index in [1.807, 2.05) is 17.8 Å². The summed E-state index contributed by atoms with van der Waals surface area (Å²) in [5, 5.41) is 9.89. The van der Waals surface area contributed by atoms with Crippen molar-refractivity contribution in [3.63, 3.8) is 0 Å². The normalized spacial score (nSPS) is 15.0. The predicted octanol–water partition coefficient (Wildman–Crippen LogP) is 1.45. The number of aromatic nitrogens is 6. The fourth-order valence-electron chi connectivity index (χ4n) is 3.46. The van der Waals surface area contributed by atoms with Crippen LogP contribution in [0.5, 0.6) is 0 Å². The molecule has 2 N–H and O–H groups in total. The van der Waals surface area contributed by atoms with E-state index in [-0.39, 0.29) is 30.8 Å². The number of fused-ring (bicyclic) bond motifs is 3. The maximum atomic E-state index is 6.09. The third-order valence-corrected chi connectivity index (χ3v) is 4.81. The molecule has 1 aliphatic heterocycles. The van der Waals surface area contributed by atoms with Crippen molar-refractivity contribution in [1.29, 1.82) is 0 Å². The van der Waals surface area contributed by atoms with Gasteiger partial charge in [0.15, 0.2) is 17.1 Å². The number of hydrogen-bond donors (Lipinski definition) is 1. The molecule has 0 unspecified atom stereocenters. The number of furan rings is 1. The molecule has 12 heteroatoms. The number of likely N-dealkylation sites (N-methyl/N-ethyl adjacent to an activating group) is 1. The minimum Gasteiger partial charge on any atom is -0.461 e. The van der Waals surface area contributed by atoms with Crippen LogP contribution in [0.3, 0.4) is 0 Å². The van der Waals surface area contributed by atoms with Gasteiger partial charge in [-0.15, -0.1) is 29.9 Å². The van der Waals surface area contributed by atoms with Gasteiger partial charge in [-0.3, -0.25) is 0 Å². The lowest BCUT2D eigenvalue weighted by Crippen LogP contribution is -2.45. The highest BCUT2D eigenvalue weighted by Crippen LogP contribution is 2.31. The minimum absolute atomic E-state index is 0. The van der Waals surface area contributed by atoms with Crippen molar-refractivity contribution >= 4 is 53.3 Å². The molecule has 0 radical (unpaired) electrons. The summed E-state index contributed by atoms with van der Waals surface area (Å²) >= 11 is 0. The summed E-state index contributed by atoms with van der Waals surface area (Å²) in [6, 6.07) is 3.62. The molecule has 4 aromatic heterocycles. The first-order valence-corrected chi connectivity index (χ1v) is 8.48. The SMILES string of the molecule is CN1CCN(c2c3c(nc(N)n4nc(-c5ccco5)nc34)nn2C)CC1.Cl.Cl. The summed E-state index contributed by atoms with van der Waals surface area (Å²) in [4.78, 5) is 13.7. The van der Waals surface area contributed by atoms with Gasteiger partial charge in [-0.1, -0.05) is 0 Å². The fraction of sp³-hybridized carbons (Fsp3) is 0.375. The van der Waals surface area contributed by atoms with Crippen molar-refractivity contribution in [2.45, 2.75) is 0 Å². The largest absolute Gasteiger partial charge is 0.461 e. The van der Waals surface area contributed by atoms with Crippen LogP contribution in [0.25, 0.3) is 28.3 Å². The maximum absolute atomic E-state index is 6.09. The van der Waals surface area contributed by atoms with Gasteiger partial charge in [0, 0.05) is 33.2 Å². The maximum Gasteiger partial charge on any atom is 0.225 e. The summed E-state index contributed by atoms with van der Waals surface area (Å²) < 4.78 is 8.84. The number of piperazine rings is 1. The zero-order valence-electron chi connectivity index (χ0n) is 15.4. The van der Waals surface area contributed by atoms with Gasteiger partial charge in [0.1, 0.15) is 11.2 Å². The zero-order chi connectivity index (χ0) is 17.8. The fourth-order valence-corrected chi connectivity index (χ4v) is 3.46. The van der Waals surface area contributed by atoms with E-state index in [9.17, 15) is 0 Å². The van der Waals surface area contributed by atoms with Crippen LogP contribution in [0.2, 0.25) is 0 Å². The first-order valence-electron chi connectivity index (χ1n) is 8.48. The lowest BCUT2D eigenvalue weighted by Gasteiger charge is -2.33. The molecule has 0 amide bonds. The standard InChI is InChI=1S/C16H19N9O.2ClH/c1-22-5-7-24(8-6-22)15-11-13(20-23(15)2)19-16(17)25-14(11)18-12(21-25)10-4-3-9-26-10;;/h3-4,9H,5-8H2,1-2H3,(H2,17,19,20);2*1H. The molecule has 4 aromatic rings. The Morgan fingerprint density at radius 2 is 1.79 bits per heavy atom. The van der Waals surface area contributed by atoms with Crippen molar-refractivity contribution in [2.75, 3.05) is 43.9 Å². The van der Waals surface area contributed by atoms with E-state index < -0.39 is 0 Å². The molecule has 10 nitrogen and oxygen atoms in total. The Hall–Kier alpha value is -2.56. The van der Waals surface area contributed by atoms with Gasteiger partial charge < -0.3 is 20.0 Å². The molecule has 0 spiro atoms. The van der Waals surface area contributed by atoms with Crippen molar-refractivity contribution < 1.29 is 4.42 Å². The molecule has 0 saturated carbocycles. The summed E-state index contributed by atoms with van der Waals surface area (Å²) in [5.41, 5.74) is 7.31. The number of nitrogen functional groups attached to an aromatic ring is 1. The van der Waals surface area contributed by atoms with Gasteiger partial charge in [0.25, 0.3) is 0 Å². The topological polar surface area (TPSA) is 107 Å². The summed E-state index contributed by atoms with van der Waals surface area (Å²) in [6.45, 7) is 3.83. The molecule has 5 heterocycles. The monoisotopic (exact) mass is 425 g/mol. The molecule has 28 heavy (non-hydrogen) atoms. The third kappa shape index (κ3) is 3.03. The number of nitrogens with zero attached hydrogens (tertiary/aromatic N) is 8. The first-order chi connectivity index (χ1) is 12.6. The van der Waals surface area contributed by atoms with Crippen LogP contribution in [0, 0.1) is 0 Å². The number of rotatable bonds is 2. The molecule has 0 atom stereocenters. The predicted molar refractivity (Wildman–Crippen MR) is 111 cm³/mol. The van der Waals surface area contributed by atoms with Crippen LogP contribution < -0.4 is 10.6 Å². The van der Waals surface area contributed by atoms with Gasteiger partial charge >= 0.3 is 0 Å². The Labute approximate surface area is 173 Å². The summed E-state index contributed by atoms with van der Waals surface area (Å²) in [5.74, 6) is 2.31. The van der Waals surface area contributed by atoms with Crippen molar-refractivity contribution in [3.8, 4) is 11.6 Å². The van der Waals surface area contributed by atoms with E-state index >= 15 is 0 Å². The van der Waals surface area contributed by atoms with E-state index in [4.69, 9.17) is 10.2 Å². The lowest BCUT2D eigenvalue weighted by molar-refractivity contribution is 0.311. The van der Waals surface area contributed by atoms with Crippen LogP contribution in [0.15, 0.2) is 22.8 Å². The number of hydrogen-bond acceptors (Lipinski definition) is 8. The minimum atomic E-state index is 0. The third-order valence-electron chi connectivity index (χ3n) is 4.81. The second kappa shape index (κ2) is 7.46. The lowest BCUT2D eigenvalue weighted by atomic mass is 10.3. The van der Waals surface area contributed by atoms with Crippen LogP contribution in [0.1, 0.15) is 0 Å². The van der Waals surface area contributed by atoms with Crippen LogP contribution >= 0.6 is 24.8 Å². The first kappa shape index (κ1) is 20.2. The van der Waals surface area contributed by atoms with E-state index in [0.29, 0.717) is 22.9 Å². The molecule has 1 fully saturated rings. The van der Waals surface area contributed by atoms with Crippen LogP contribution in [0.4, 0.5) is 11.8 Å². The average molecular weight is 426 g/mol. The number of anilines is 2. The Bertz CT molecular complexity index is 1100. The van der Waals surface area contributed by atoms with E-state index in [2.05, 4.69) is 37.0 Å². The van der Waals surface area contributed by atoms with Crippen LogP contribution in [-0.2, 0) is 7.05 Å². The van der Waals surface area contributed by atoms with Crippen molar-refractivity contribution in [2.24, 2.45) is 7.05 Å². The van der Waals surface area contributed by atoms with Gasteiger partial charge in [-0.05, 0) is 19.2 Å². The van der Waals surface area contributed by atoms with Crippen molar-refractivity contribution in [1.82, 2.24) is 34.3 Å². The number of aryl methyl sites for hydroxylation is 1. The Morgan fingerprint density at radius 3 is 2.46 bits per heavy atom. The summed E-state index contributed by atoms with van der Waals surface area (Å²) in [7, 11) is 4.05. The molecule has 0 bridgehead atoms. The number of nitrogens with two attached hydrogens (primary N) is 1. The molecule has 0 aliphatic carbocycles. The molecule has 1 aliphatic rings. The van der Waals surface area contributed by atoms with Gasteiger partial charge in [0.2, 0.25) is 11.8 Å². The quantitative estimate of drug-likeness (QED) is 0.514. The van der Waals surface area contributed by atoms with Gasteiger partial charge in [-0.2, -0.15) is 14.6 Å². The second-order valence-electron chi connectivity index (χ2n) is 6.55. The number of halogens is 2. The smallest absolute Gasteiger partial charge is 0.225 e. The molecule has 1 saturated heterocycles. The van der Waals surface area contributed by atoms with Crippen LogP contribution in [-0.4, -0.2) is 67.5 Å². The van der Waals surface area contributed by atoms with E-state index in [1.165, 1.54) is 0 Å². The highest BCUT2D eigenvalue weighted by Gasteiger charge is 2.25. The second-order valence-corrected chi connectivity index (χ2v) is 6.55. The molecular weight excluding hydrogens is 405 g/mol.